The van der Waals surface area contributed by atoms with Gasteiger partial charge in [0.05, 0.1) is 28.0 Å². The van der Waals surface area contributed by atoms with Crippen molar-refractivity contribution in [3.8, 4) is 11.5 Å². The van der Waals surface area contributed by atoms with Crippen molar-refractivity contribution < 1.29 is 14.3 Å². The summed E-state index contributed by atoms with van der Waals surface area (Å²) in [5.41, 5.74) is 5.24. The summed E-state index contributed by atoms with van der Waals surface area (Å²) in [5.74, 6) is -0.454. The fraction of sp³-hybridized carbons (Fsp3) is 0.360. The summed E-state index contributed by atoms with van der Waals surface area (Å²) < 4.78 is 18.9. The zero-order valence-corrected chi connectivity index (χ0v) is 18.4. The number of carbonyl (C=O) groups is 1. The molecule has 4 aromatic rings. The number of fused-ring (bicyclic) bond motifs is 4. The molecule has 2 aliphatic rings. The first-order valence-electron chi connectivity index (χ1n) is 11.0. The predicted molar refractivity (Wildman–Crippen MR) is 123 cm³/mol. The second-order valence-corrected chi connectivity index (χ2v) is 9.87. The number of nitrogens with zero attached hydrogens (tertiary/aromatic N) is 3. The van der Waals surface area contributed by atoms with Crippen LogP contribution in [0.2, 0.25) is 0 Å². The molecule has 0 unspecified atom stereocenters. The summed E-state index contributed by atoms with van der Waals surface area (Å²) >= 11 is 0. The molecule has 0 saturated heterocycles. The third kappa shape index (κ3) is 2.70. The lowest BCUT2D eigenvalue weighted by molar-refractivity contribution is 0.0696. The number of halogens is 1. The highest BCUT2D eigenvalue weighted by Gasteiger charge is 2.34. The summed E-state index contributed by atoms with van der Waals surface area (Å²) in [6, 6.07) is 9.01. The quantitative estimate of drug-likeness (QED) is 0.468. The van der Waals surface area contributed by atoms with E-state index in [0.29, 0.717) is 22.8 Å². The van der Waals surface area contributed by atoms with E-state index in [1.807, 2.05) is 0 Å². The molecule has 1 fully saturated rings. The smallest absolute Gasteiger partial charge is 0.335 e. The van der Waals surface area contributed by atoms with Crippen LogP contribution in [0.15, 0.2) is 30.3 Å². The third-order valence-electron chi connectivity index (χ3n) is 7.03. The Morgan fingerprint density at radius 2 is 2.03 bits per heavy atom. The monoisotopic (exact) mass is 432 g/mol. The first-order valence-corrected chi connectivity index (χ1v) is 11.0. The standard InChI is InChI=1S/C25H25FN4O2/c1-25(2)12-27-20-16(25)7-6-14-10-19(30(21(14)20)11-13-4-5-13)23-28-18-9-15(24(31)32)8-17(26)22(18)29(23)3/h6-10,13,27H,4-5,11-12H2,1-3H3,(H,31,32). The minimum atomic E-state index is -1.16. The molecule has 2 N–H and O–H groups in total. The molecule has 1 saturated carbocycles. The number of aromatic nitrogens is 3. The molecule has 0 amide bonds. The van der Waals surface area contributed by atoms with Gasteiger partial charge in [0.2, 0.25) is 0 Å². The fourth-order valence-corrected chi connectivity index (χ4v) is 5.09. The molecule has 6 rings (SSSR count). The van der Waals surface area contributed by atoms with E-state index in [1.165, 1.54) is 35.7 Å². The summed E-state index contributed by atoms with van der Waals surface area (Å²) in [5, 5.41) is 14.1. The maximum atomic E-state index is 14.8. The van der Waals surface area contributed by atoms with Gasteiger partial charge in [0.25, 0.3) is 0 Å². The number of hydrogen-bond acceptors (Lipinski definition) is 3. The van der Waals surface area contributed by atoms with Crippen LogP contribution in [-0.4, -0.2) is 31.7 Å². The number of hydrogen-bond donors (Lipinski definition) is 2. The van der Waals surface area contributed by atoms with Gasteiger partial charge in [0.1, 0.15) is 11.3 Å². The van der Waals surface area contributed by atoms with Gasteiger partial charge >= 0.3 is 5.97 Å². The van der Waals surface area contributed by atoms with Crippen molar-refractivity contribution in [3.05, 3.63) is 47.3 Å². The summed E-state index contributed by atoms with van der Waals surface area (Å²) in [4.78, 5) is 16.1. The van der Waals surface area contributed by atoms with E-state index in [2.05, 4.69) is 41.9 Å². The number of benzene rings is 2. The Morgan fingerprint density at radius 1 is 1.25 bits per heavy atom. The number of aromatic carboxylic acids is 1. The molecule has 7 heteroatoms. The number of nitrogens with one attached hydrogen (secondary N) is 1. The van der Waals surface area contributed by atoms with Crippen molar-refractivity contribution in [2.45, 2.75) is 38.6 Å². The lowest BCUT2D eigenvalue weighted by Gasteiger charge is -2.17. The number of carboxylic acids is 1. The van der Waals surface area contributed by atoms with Crippen LogP contribution in [0.25, 0.3) is 33.5 Å². The summed E-state index contributed by atoms with van der Waals surface area (Å²) in [7, 11) is 1.79. The molecular weight excluding hydrogens is 407 g/mol. The Kier molecular flexibility index (Phi) is 3.83. The van der Waals surface area contributed by atoms with Gasteiger partial charge in [0, 0.05) is 30.9 Å². The largest absolute Gasteiger partial charge is 0.478 e. The Morgan fingerprint density at radius 3 is 2.75 bits per heavy atom. The zero-order valence-electron chi connectivity index (χ0n) is 18.4. The second-order valence-electron chi connectivity index (χ2n) is 9.87. The fourth-order valence-electron chi connectivity index (χ4n) is 5.09. The van der Waals surface area contributed by atoms with Crippen LogP contribution in [0.1, 0.15) is 42.6 Å². The van der Waals surface area contributed by atoms with Gasteiger partial charge in [0.15, 0.2) is 5.82 Å². The van der Waals surface area contributed by atoms with Gasteiger partial charge < -0.3 is 19.6 Å². The molecule has 3 heterocycles. The molecule has 0 radical (unpaired) electrons. The van der Waals surface area contributed by atoms with Crippen molar-refractivity contribution in [1.82, 2.24) is 14.1 Å². The number of aryl methyl sites for hydroxylation is 1. The van der Waals surface area contributed by atoms with Crippen molar-refractivity contribution in [2.75, 3.05) is 11.9 Å². The number of anilines is 1. The van der Waals surface area contributed by atoms with Gasteiger partial charge in [-0.15, -0.1) is 0 Å². The highest BCUT2D eigenvalue weighted by Crippen LogP contribution is 2.44. The van der Waals surface area contributed by atoms with Crippen LogP contribution in [-0.2, 0) is 19.0 Å². The molecule has 1 aliphatic carbocycles. The first kappa shape index (κ1) is 19.3. The molecule has 32 heavy (non-hydrogen) atoms. The number of imidazole rings is 1. The SMILES string of the molecule is Cn1c(-c2cc3ccc4c(c3n2CC2CC2)NCC4(C)C)nc2cc(C(=O)O)cc(F)c21. The molecule has 164 valence electrons. The van der Waals surface area contributed by atoms with E-state index >= 15 is 0 Å². The van der Waals surface area contributed by atoms with Crippen LogP contribution in [0.5, 0.6) is 0 Å². The third-order valence-corrected chi connectivity index (χ3v) is 7.03. The number of carboxylic acid groups (broad SMARTS) is 1. The van der Waals surface area contributed by atoms with Gasteiger partial charge in [-0.2, -0.15) is 0 Å². The maximum absolute atomic E-state index is 14.8. The number of rotatable bonds is 4. The molecule has 0 spiro atoms. The normalized spacial score (nSPS) is 17.1. The molecule has 2 aromatic heterocycles. The first-order chi connectivity index (χ1) is 15.2. The highest BCUT2D eigenvalue weighted by molar-refractivity contribution is 5.99. The minimum absolute atomic E-state index is 0.0621. The van der Waals surface area contributed by atoms with Crippen molar-refractivity contribution in [2.24, 2.45) is 13.0 Å². The average molecular weight is 432 g/mol. The van der Waals surface area contributed by atoms with E-state index in [4.69, 9.17) is 4.98 Å². The van der Waals surface area contributed by atoms with Crippen LogP contribution < -0.4 is 5.32 Å². The van der Waals surface area contributed by atoms with Gasteiger partial charge in [-0.1, -0.05) is 26.0 Å². The Bertz CT molecular complexity index is 1440. The van der Waals surface area contributed by atoms with Crippen LogP contribution in [0.3, 0.4) is 0 Å². The van der Waals surface area contributed by atoms with Crippen LogP contribution in [0, 0.1) is 11.7 Å². The maximum Gasteiger partial charge on any atom is 0.335 e. The van der Waals surface area contributed by atoms with E-state index < -0.39 is 11.8 Å². The molecule has 2 aromatic carbocycles. The lowest BCUT2D eigenvalue weighted by Crippen LogP contribution is -2.18. The van der Waals surface area contributed by atoms with Crippen molar-refractivity contribution in [3.63, 3.8) is 0 Å². The van der Waals surface area contributed by atoms with Crippen LogP contribution >= 0.6 is 0 Å². The Balaban J connectivity index is 1.63. The van der Waals surface area contributed by atoms with Crippen molar-refractivity contribution in [1.29, 1.82) is 0 Å². The minimum Gasteiger partial charge on any atom is -0.478 e. The van der Waals surface area contributed by atoms with Crippen molar-refractivity contribution >= 4 is 33.6 Å². The molecule has 0 bridgehead atoms. The van der Waals surface area contributed by atoms with Gasteiger partial charge in [-0.3, -0.25) is 0 Å². The molecule has 0 atom stereocenters. The zero-order chi connectivity index (χ0) is 22.4. The van der Waals surface area contributed by atoms with E-state index in [1.54, 1.807) is 11.6 Å². The lowest BCUT2D eigenvalue weighted by atomic mass is 9.86. The van der Waals surface area contributed by atoms with E-state index in [-0.39, 0.29) is 11.0 Å². The second kappa shape index (κ2) is 6.34. The summed E-state index contributed by atoms with van der Waals surface area (Å²) in [6.45, 7) is 6.28. The van der Waals surface area contributed by atoms with Crippen LogP contribution in [0.4, 0.5) is 10.1 Å². The molecule has 6 nitrogen and oxygen atoms in total. The average Bonchev–Trinajstić information content (AvgIpc) is 3.28. The Hall–Kier alpha value is -3.35. The Labute approximate surface area is 184 Å². The highest BCUT2D eigenvalue weighted by atomic mass is 19.1. The predicted octanol–water partition coefficient (Wildman–Crippen LogP) is 5.15. The molecule has 1 aliphatic heterocycles. The van der Waals surface area contributed by atoms with E-state index in [0.717, 1.165) is 30.2 Å². The molecular formula is C25H25FN4O2. The topological polar surface area (TPSA) is 72.1 Å². The summed E-state index contributed by atoms with van der Waals surface area (Å²) in [6.07, 6.45) is 2.43. The van der Waals surface area contributed by atoms with E-state index in [9.17, 15) is 14.3 Å². The van der Waals surface area contributed by atoms with Gasteiger partial charge in [-0.25, -0.2) is 14.2 Å². The van der Waals surface area contributed by atoms with Gasteiger partial charge in [-0.05, 0) is 42.5 Å².